The molecule has 1 aromatic carbocycles. The summed E-state index contributed by atoms with van der Waals surface area (Å²) in [5, 5.41) is 0. The maximum Gasteiger partial charge on any atom is 0.346 e. The number of nitrogens with two attached hydrogens (primary N) is 1. The van der Waals surface area contributed by atoms with E-state index in [1.807, 2.05) is 12.1 Å². The van der Waals surface area contributed by atoms with Gasteiger partial charge in [0.1, 0.15) is 11.4 Å². The number of nitrogens with zero attached hydrogens (tertiary/aromatic N) is 2. The van der Waals surface area contributed by atoms with Crippen molar-refractivity contribution < 1.29 is 4.79 Å². The molecule has 0 bridgehead atoms. The molecule has 1 aliphatic carbocycles. The molecule has 0 saturated heterocycles. The van der Waals surface area contributed by atoms with Gasteiger partial charge in [-0.25, -0.2) is 4.79 Å². The number of hydrogen-bond donors (Lipinski definition) is 1. The summed E-state index contributed by atoms with van der Waals surface area (Å²) in [6.07, 6.45) is 1.87. The minimum atomic E-state index is -0.514. The van der Waals surface area contributed by atoms with Gasteiger partial charge in [0, 0.05) is 7.05 Å². The van der Waals surface area contributed by atoms with Crippen LogP contribution in [0, 0.1) is 0 Å². The zero-order chi connectivity index (χ0) is 12.9. The first kappa shape index (κ1) is 11.3. The first-order valence-corrected chi connectivity index (χ1v) is 6.29. The number of rotatable bonds is 0. The molecule has 94 valence electrons. The van der Waals surface area contributed by atoms with E-state index in [1.165, 1.54) is 5.56 Å². The van der Waals surface area contributed by atoms with Crippen LogP contribution < -0.4 is 5.73 Å². The summed E-state index contributed by atoms with van der Waals surface area (Å²) in [6, 6.07) is 8.01. The van der Waals surface area contributed by atoms with Gasteiger partial charge in [-0.3, -0.25) is 0 Å². The third kappa shape index (κ3) is 1.20. The lowest BCUT2D eigenvalue weighted by atomic mass is 9.71. The highest BCUT2D eigenvalue weighted by Gasteiger charge is 2.50. The van der Waals surface area contributed by atoms with Crippen molar-refractivity contribution in [2.45, 2.75) is 31.2 Å². The molecule has 1 aromatic rings. The van der Waals surface area contributed by atoms with Crippen molar-refractivity contribution in [2.24, 2.45) is 10.7 Å². The summed E-state index contributed by atoms with van der Waals surface area (Å²) < 4.78 is 0. The Morgan fingerprint density at radius 3 is 2.83 bits per heavy atom. The predicted octanol–water partition coefficient (Wildman–Crippen LogP) is 2.20. The maximum absolute atomic E-state index is 11.8. The third-order valence-electron chi connectivity index (χ3n) is 4.38. The number of aliphatic imine (C=N–C) groups is 1. The molecule has 1 heterocycles. The largest absolute Gasteiger partial charge is 0.385 e. The fraction of sp³-hybridized carbons (Fsp3) is 0.429. The van der Waals surface area contributed by atoms with Crippen LogP contribution in [-0.2, 0) is 5.54 Å². The number of amidine groups is 1. The lowest BCUT2D eigenvalue weighted by Crippen LogP contribution is -2.51. The number of carbonyl (C=O) groups excluding carboxylic acids is 1. The Bertz CT molecular complexity index is 552. The zero-order valence-electron chi connectivity index (χ0n) is 10.7. The van der Waals surface area contributed by atoms with Crippen LogP contribution >= 0.6 is 0 Å². The van der Waals surface area contributed by atoms with Gasteiger partial charge in [-0.15, -0.1) is 0 Å². The molecule has 2 aliphatic rings. The van der Waals surface area contributed by atoms with Crippen LogP contribution in [0.2, 0.25) is 0 Å². The van der Waals surface area contributed by atoms with E-state index in [0.29, 0.717) is 11.8 Å². The third-order valence-corrected chi connectivity index (χ3v) is 4.38. The standard InChI is InChI=1S/C14H17N3O/c1-9-7-8-14(11-6-4-3-5-10(9)11)12(15)16-13(18)17(14)2/h3-6,9H,7-8H2,1-2H3,(H2,15,16,18). The van der Waals surface area contributed by atoms with Gasteiger partial charge in [-0.2, -0.15) is 4.99 Å². The highest BCUT2D eigenvalue weighted by molar-refractivity contribution is 6.06. The van der Waals surface area contributed by atoms with Crippen LogP contribution in [0.3, 0.4) is 0 Å². The Kier molecular flexibility index (Phi) is 2.24. The molecule has 2 N–H and O–H groups in total. The molecule has 3 rings (SSSR count). The van der Waals surface area contributed by atoms with Crippen molar-refractivity contribution in [3.05, 3.63) is 35.4 Å². The molecule has 0 aromatic heterocycles. The summed E-state index contributed by atoms with van der Waals surface area (Å²) in [7, 11) is 1.79. The maximum atomic E-state index is 11.8. The van der Waals surface area contributed by atoms with Gasteiger partial charge in [0.25, 0.3) is 0 Å². The number of urea groups is 1. The fourth-order valence-corrected chi connectivity index (χ4v) is 3.24. The van der Waals surface area contributed by atoms with Crippen LogP contribution in [-0.4, -0.2) is 23.8 Å². The van der Waals surface area contributed by atoms with Crippen molar-refractivity contribution in [1.82, 2.24) is 4.90 Å². The number of amides is 2. The Morgan fingerprint density at radius 2 is 2.17 bits per heavy atom. The van der Waals surface area contributed by atoms with Gasteiger partial charge >= 0.3 is 6.03 Å². The monoisotopic (exact) mass is 243 g/mol. The number of hydrogen-bond acceptors (Lipinski definition) is 2. The minimum Gasteiger partial charge on any atom is -0.385 e. The molecule has 0 fully saturated rings. The quantitative estimate of drug-likeness (QED) is 0.759. The Morgan fingerprint density at radius 1 is 1.44 bits per heavy atom. The highest BCUT2D eigenvalue weighted by atomic mass is 16.2. The molecule has 4 heteroatoms. The van der Waals surface area contributed by atoms with Crippen molar-refractivity contribution in [1.29, 1.82) is 0 Å². The fourth-order valence-electron chi connectivity index (χ4n) is 3.24. The first-order chi connectivity index (χ1) is 8.57. The van der Waals surface area contributed by atoms with Crippen LogP contribution in [0.4, 0.5) is 4.79 Å². The van der Waals surface area contributed by atoms with E-state index in [-0.39, 0.29) is 6.03 Å². The van der Waals surface area contributed by atoms with E-state index in [1.54, 1.807) is 11.9 Å². The lowest BCUT2D eigenvalue weighted by Gasteiger charge is -2.42. The zero-order valence-corrected chi connectivity index (χ0v) is 10.7. The molecule has 4 nitrogen and oxygen atoms in total. The molecular weight excluding hydrogens is 226 g/mol. The van der Waals surface area contributed by atoms with E-state index >= 15 is 0 Å². The summed E-state index contributed by atoms with van der Waals surface area (Å²) in [5.41, 5.74) is 7.98. The van der Waals surface area contributed by atoms with Crippen molar-refractivity contribution in [3.63, 3.8) is 0 Å². The van der Waals surface area contributed by atoms with Gasteiger partial charge < -0.3 is 10.6 Å². The molecule has 1 aliphatic heterocycles. The summed E-state index contributed by atoms with van der Waals surface area (Å²) in [5.74, 6) is 0.943. The molecular formula is C14H17N3O. The summed E-state index contributed by atoms with van der Waals surface area (Å²) in [4.78, 5) is 17.4. The van der Waals surface area contributed by atoms with Crippen molar-refractivity contribution >= 4 is 11.9 Å². The van der Waals surface area contributed by atoms with Gasteiger partial charge in [0.15, 0.2) is 0 Å². The van der Waals surface area contributed by atoms with Crippen molar-refractivity contribution in [3.8, 4) is 0 Å². The van der Waals surface area contributed by atoms with Crippen LogP contribution in [0.1, 0.15) is 36.8 Å². The van der Waals surface area contributed by atoms with Gasteiger partial charge in [0.2, 0.25) is 0 Å². The van der Waals surface area contributed by atoms with Crippen LogP contribution in [0.25, 0.3) is 0 Å². The molecule has 2 atom stereocenters. The second-order valence-electron chi connectivity index (χ2n) is 5.23. The smallest absolute Gasteiger partial charge is 0.346 e. The lowest BCUT2D eigenvalue weighted by molar-refractivity contribution is 0.177. The van der Waals surface area contributed by atoms with E-state index in [0.717, 1.165) is 18.4 Å². The Balaban J connectivity index is 2.24. The van der Waals surface area contributed by atoms with Gasteiger partial charge in [0.05, 0.1) is 0 Å². The highest BCUT2D eigenvalue weighted by Crippen LogP contribution is 2.46. The van der Waals surface area contributed by atoms with E-state index in [9.17, 15) is 4.79 Å². The van der Waals surface area contributed by atoms with Gasteiger partial charge in [-0.05, 0) is 29.9 Å². The first-order valence-electron chi connectivity index (χ1n) is 6.29. The Hall–Kier alpha value is -1.84. The predicted molar refractivity (Wildman–Crippen MR) is 70.6 cm³/mol. The molecule has 18 heavy (non-hydrogen) atoms. The van der Waals surface area contributed by atoms with Crippen molar-refractivity contribution in [2.75, 3.05) is 7.05 Å². The van der Waals surface area contributed by atoms with Crippen LogP contribution in [0.15, 0.2) is 29.3 Å². The second kappa shape index (κ2) is 3.57. The molecule has 0 radical (unpaired) electrons. The number of carbonyl (C=O) groups is 1. The average Bonchev–Trinajstić information content (AvgIpc) is 2.59. The SMILES string of the molecule is CC1CCC2(C(N)=NC(=O)N2C)c2ccccc21. The number of fused-ring (bicyclic) bond motifs is 2. The Labute approximate surface area is 106 Å². The second-order valence-corrected chi connectivity index (χ2v) is 5.23. The molecule has 2 amide bonds. The summed E-state index contributed by atoms with van der Waals surface area (Å²) in [6.45, 7) is 2.22. The summed E-state index contributed by atoms with van der Waals surface area (Å²) >= 11 is 0. The topological polar surface area (TPSA) is 58.7 Å². The molecule has 2 unspecified atom stereocenters. The molecule has 0 saturated carbocycles. The van der Waals surface area contributed by atoms with E-state index in [4.69, 9.17) is 5.73 Å². The van der Waals surface area contributed by atoms with Crippen LogP contribution in [0.5, 0.6) is 0 Å². The van der Waals surface area contributed by atoms with Gasteiger partial charge in [-0.1, -0.05) is 31.2 Å². The average molecular weight is 243 g/mol. The normalized spacial score (nSPS) is 30.6. The van der Waals surface area contributed by atoms with E-state index < -0.39 is 5.54 Å². The number of benzene rings is 1. The van der Waals surface area contributed by atoms with E-state index in [2.05, 4.69) is 24.0 Å². The molecule has 1 spiro atoms. The number of likely N-dealkylation sites (N-methyl/N-ethyl adjacent to an activating group) is 1. The minimum absolute atomic E-state index is 0.239.